The fourth-order valence-corrected chi connectivity index (χ4v) is 6.86. The van der Waals surface area contributed by atoms with E-state index < -0.39 is 10.1 Å². The Morgan fingerprint density at radius 1 is 0.867 bits per heavy atom. The largest absolute Gasteiger partial charge is 0.456 e. The number of hydrogen-bond donors (Lipinski definition) is 4. The van der Waals surface area contributed by atoms with Crippen molar-refractivity contribution in [1.29, 1.82) is 0 Å². The molecule has 45 heavy (non-hydrogen) atoms. The number of aliphatic hydroxyl groups excluding tert-OH is 2. The van der Waals surface area contributed by atoms with Gasteiger partial charge in [0.2, 0.25) is 5.36 Å². The number of anilines is 1. The third-order valence-corrected chi connectivity index (χ3v) is 9.45. The summed E-state index contributed by atoms with van der Waals surface area (Å²) in [6.07, 6.45) is 2.72. The summed E-state index contributed by atoms with van der Waals surface area (Å²) in [5.41, 5.74) is 4.16. The molecule has 10 heteroatoms. The van der Waals surface area contributed by atoms with Crippen LogP contribution in [0.25, 0.3) is 33.4 Å². The molecule has 9 nitrogen and oxygen atoms in total. The van der Waals surface area contributed by atoms with Crippen molar-refractivity contribution < 1.29 is 27.6 Å². The van der Waals surface area contributed by atoms with Gasteiger partial charge in [0.1, 0.15) is 29.3 Å². The predicted molar refractivity (Wildman–Crippen MR) is 181 cm³/mol. The zero-order valence-electron chi connectivity index (χ0n) is 26.9. The number of nitrogens with zero attached hydrogens (tertiary/aromatic N) is 2. The van der Waals surface area contributed by atoms with Crippen molar-refractivity contribution in [3.05, 3.63) is 65.5 Å². The Morgan fingerprint density at radius 2 is 1.53 bits per heavy atom. The second-order valence-electron chi connectivity index (χ2n) is 11.3. The predicted octanol–water partition coefficient (Wildman–Crippen LogP) is 5.11. The average Bonchev–Trinajstić information content (AvgIpc) is 3.04. The van der Waals surface area contributed by atoms with Crippen LogP contribution in [0.5, 0.6) is 0 Å². The summed E-state index contributed by atoms with van der Waals surface area (Å²) in [5.74, 6) is 0.626. The Bertz CT molecular complexity index is 1720. The van der Waals surface area contributed by atoms with Crippen molar-refractivity contribution in [2.45, 2.75) is 70.9 Å². The first-order valence-corrected chi connectivity index (χ1v) is 17.5. The van der Waals surface area contributed by atoms with Crippen molar-refractivity contribution in [1.82, 2.24) is 9.89 Å². The fraction of sp³-hybridized carbons (Fsp3) is 0.457. The lowest BCUT2D eigenvalue weighted by atomic mass is 9.92. The molecule has 0 saturated heterocycles. The molecule has 0 radical (unpaired) electrons. The van der Waals surface area contributed by atoms with Gasteiger partial charge in [-0.3, -0.25) is 4.55 Å². The summed E-state index contributed by atoms with van der Waals surface area (Å²) in [6, 6.07) is 17.2. The molecular formula is C35H48N3O6S+. The number of aliphatic hydroxyl groups is 2. The summed E-state index contributed by atoms with van der Waals surface area (Å²) in [4.78, 5) is 2.06. The molecule has 1 aliphatic heterocycles. The molecule has 0 spiro atoms. The van der Waals surface area contributed by atoms with Crippen LogP contribution in [-0.4, -0.2) is 68.6 Å². The Morgan fingerprint density at radius 3 is 2.13 bits per heavy atom. The second kappa shape index (κ2) is 15.8. The van der Waals surface area contributed by atoms with Crippen LogP contribution in [-0.2, 0) is 16.7 Å². The maximum Gasteiger partial charge on any atom is 0.295 e. The summed E-state index contributed by atoms with van der Waals surface area (Å²) in [7, 11) is -4.61. The standard InChI is InChI=1S/C35H47N3O6S/c1-5-37(6-2)27-14-17-29-32(22-27)44-33-23-28(38(7-3)8-4)15-18-30(33)35(29)31-16-13-25(21-34(31)45(41,42)43)24-36-26(11-9-19-39)12-10-20-40/h13-18,21-23,26,36,39-40H,5-12,19-20,24H2,1-4H3/p+1. The van der Waals surface area contributed by atoms with Crippen LogP contribution >= 0.6 is 0 Å². The monoisotopic (exact) mass is 638 g/mol. The fourth-order valence-electron chi connectivity index (χ4n) is 6.11. The van der Waals surface area contributed by atoms with Gasteiger partial charge in [-0.25, -0.2) is 4.58 Å². The molecule has 0 aromatic heterocycles. The molecule has 2 aliphatic rings. The van der Waals surface area contributed by atoms with Gasteiger partial charge >= 0.3 is 0 Å². The van der Waals surface area contributed by atoms with Crippen molar-refractivity contribution in [2.24, 2.45) is 0 Å². The van der Waals surface area contributed by atoms with Crippen LogP contribution in [0, 0.1) is 0 Å². The summed E-state index contributed by atoms with van der Waals surface area (Å²) < 4.78 is 45.2. The zero-order valence-corrected chi connectivity index (χ0v) is 27.7. The number of fused-ring (bicyclic) bond motifs is 2. The van der Waals surface area contributed by atoms with Crippen LogP contribution in [0.2, 0.25) is 0 Å². The molecule has 0 amide bonds. The van der Waals surface area contributed by atoms with Gasteiger partial charge in [0.25, 0.3) is 10.1 Å². The molecular weight excluding hydrogens is 590 g/mol. The van der Waals surface area contributed by atoms with Crippen LogP contribution in [0.3, 0.4) is 0 Å². The van der Waals surface area contributed by atoms with Crippen molar-refractivity contribution >= 4 is 26.8 Å². The lowest BCUT2D eigenvalue weighted by Gasteiger charge is -2.23. The van der Waals surface area contributed by atoms with Gasteiger partial charge in [-0.1, -0.05) is 12.1 Å². The Hall–Kier alpha value is -3.28. The first-order chi connectivity index (χ1) is 21.7. The minimum absolute atomic E-state index is 0.0572. The van der Waals surface area contributed by atoms with E-state index in [1.807, 2.05) is 42.5 Å². The third-order valence-electron chi connectivity index (χ3n) is 8.56. The first-order valence-electron chi connectivity index (χ1n) is 16.1. The molecule has 2 aromatic rings. The highest BCUT2D eigenvalue weighted by Crippen LogP contribution is 2.43. The van der Waals surface area contributed by atoms with Gasteiger partial charge in [-0.15, -0.1) is 0 Å². The maximum absolute atomic E-state index is 13.0. The SMILES string of the molecule is CCN(CC)c1ccc2c(-c3ccc(CNC(CCCO)CCCO)cc3S(=O)(=O)O)c3ccc(=[N+](CC)CC)cc-3oc2c1. The number of benzene rings is 3. The quantitative estimate of drug-likeness (QED) is 0.0758. The Kier molecular flexibility index (Phi) is 12.2. The van der Waals surface area contributed by atoms with E-state index in [0.717, 1.165) is 61.0 Å². The summed E-state index contributed by atoms with van der Waals surface area (Å²) in [6.45, 7) is 12.3. The number of nitrogens with one attached hydrogen (secondary N) is 1. The highest BCUT2D eigenvalue weighted by molar-refractivity contribution is 7.86. The van der Waals surface area contributed by atoms with Crippen molar-refractivity contribution in [2.75, 3.05) is 44.3 Å². The van der Waals surface area contributed by atoms with Gasteiger partial charge in [-0.05, 0) is 83.2 Å². The summed E-state index contributed by atoms with van der Waals surface area (Å²) in [5, 5.41) is 23.8. The molecule has 4 N–H and O–H groups in total. The van der Waals surface area contributed by atoms with Crippen molar-refractivity contribution in [3.63, 3.8) is 0 Å². The molecule has 1 aliphatic carbocycles. The lowest BCUT2D eigenvalue weighted by Crippen LogP contribution is -2.29. The van der Waals surface area contributed by atoms with Crippen LogP contribution in [0.4, 0.5) is 5.69 Å². The number of hydrogen-bond acceptors (Lipinski definition) is 7. The van der Waals surface area contributed by atoms with Crippen LogP contribution in [0.1, 0.15) is 58.9 Å². The van der Waals surface area contributed by atoms with Crippen LogP contribution < -0.4 is 20.1 Å². The van der Waals surface area contributed by atoms with E-state index in [1.165, 1.54) is 6.07 Å². The molecule has 0 bridgehead atoms. The Labute approximate surface area is 266 Å². The molecule has 0 saturated carbocycles. The van der Waals surface area contributed by atoms with E-state index >= 15 is 0 Å². The van der Waals surface area contributed by atoms with Gasteiger partial charge < -0.3 is 24.8 Å². The van der Waals surface area contributed by atoms with Gasteiger partial charge in [0.05, 0.1) is 6.07 Å². The highest BCUT2D eigenvalue weighted by atomic mass is 32.2. The van der Waals surface area contributed by atoms with E-state index in [2.05, 4.69) is 42.5 Å². The summed E-state index contributed by atoms with van der Waals surface area (Å²) >= 11 is 0. The van der Waals surface area contributed by atoms with E-state index in [1.54, 1.807) is 6.07 Å². The molecule has 0 atom stereocenters. The van der Waals surface area contributed by atoms with Gasteiger partial charge in [-0.2, -0.15) is 8.42 Å². The average molecular weight is 639 g/mol. The zero-order chi connectivity index (χ0) is 32.6. The topological polar surface area (TPSA) is 126 Å². The lowest BCUT2D eigenvalue weighted by molar-refractivity contribution is 0.255. The minimum Gasteiger partial charge on any atom is -0.456 e. The third kappa shape index (κ3) is 8.12. The highest BCUT2D eigenvalue weighted by Gasteiger charge is 2.25. The molecule has 0 fully saturated rings. The first kappa shape index (κ1) is 34.6. The Balaban J connectivity index is 1.93. The molecule has 2 aromatic carbocycles. The smallest absolute Gasteiger partial charge is 0.295 e. The van der Waals surface area contributed by atoms with E-state index in [4.69, 9.17) is 4.42 Å². The van der Waals surface area contributed by atoms with Gasteiger partial charge in [0.15, 0.2) is 0 Å². The maximum atomic E-state index is 13.0. The van der Waals surface area contributed by atoms with Crippen LogP contribution in [0.15, 0.2) is 63.9 Å². The number of rotatable bonds is 16. The van der Waals surface area contributed by atoms with E-state index in [9.17, 15) is 23.2 Å². The van der Waals surface area contributed by atoms with E-state index in [0.29, 0.717) is 47.4 Å². The van der Waals surface area contributed by atoms with Gasteiger partial charge in [0, 0.05) is 78.8 Å². The minimum atomic E-state index is -4.61. The van der Waals surface area contributed by atoms with E-state index in [-0.39, 0.29) is 24.2 Å². The normalized spacial score (nSPS) is 12.0. The molecule has 4 rings (SSSR count). The second-order valence-corrected chi connectivity index (χ2v) is 12.7. The molecule has 1 heterocycles. The molecule has 0 unspecified atom stereocenters. The van der Waals surface area contributed by atoms with Crippen molar-refractivity contribution in [3.8, 4) is 22.5 Å². The molecule has 244 valence electrons.